The van der Waals surface area contributed by atoms with Gasteiger partial charge in [0.15, 0.2) is 5.15 Å². The molecule has 0 atom stereocenters. The van der Waals surface area contributed by atoms with Gasteiger partial charge in [0, 0.05) is 23.3 Å². The Morgan fingerprint density at radius 3 is 2.57 bits per heavy atom. The van der Waals surface area contributed by atoms with Gasteiger partial charge in [0.05, 0.1) is 22.6 Å². The fraction of sp³-hybridized carbons (Fsp3) is 0.0870. The summed E-state index contributed by atoms with van der Waals surface area (Å²) in [7, 11) is -4.03. The van der Waals surface area contributed by atoms with Crippen LogP contribution in [0.15, 0.2) is 71.9 Å². The molecule has 0 radical (unpaired) electrons. The molecule has 2 heterocycles. The summed E-state index contributed by atoms with van der Waals surface area (Å²) in [6.07, 6.45) is 1.93. The highest BCUT2D eigenvalue weighted by molar-refractivity contribution is 7.92. The lowest BCUT2D eigenvalue weighted by Gasteiger charge is -2.12. The van der Waals surface area contributed by atoms with E-state index in [1.54, 1.807) is 30.5 Å². The molecular weight excluding hydrogens is 499 g/mol. The predicted molar refractivity (Wildman–Crippen MR) is 129 cm³/mol. The van der Waals surface area contributed by atoms with Crippen LogP contribution in [0.1, 0.15) is 0 Å². The number of aromatic nitrogens is 2. The number of halogens is 2. The molecule has 0 spiro atoms. The maximum atomic E-state index is 13.2. The largest absolute Gasteiger partial charge is 0.491 e. The third-order valence-corrected chi connectivity index (χ3v) is 6.56. The maximum absolute atomic E-state index is 13.2. The number of anilines is 1. The fourth-order valence-electron chi connectivity index (χ4n) is 3.24. The van der Waals surface area contributed by atoms with E-state index in [9.17, 15) is 17.6 Å². The molecule has 1 amide bonds. The highest BCUT2D eigenvalue weighted by Gasteiger charge is 2.17. The number of benzene rings is 2. The second kappa shape index (κ2) is 10.1. The molecule has 4 aromatic rings. The third-order valence-electron chi connectivity index (χ3n) is 4.88. The van der Waals surface area contributed by atoms with Gasteiger partial charge < -0.3 is 15.2 Å². The minimum atomic E-state index is -4.03. The quantitative estimate of drug-likeness (QED) is 0.231. The lowest BCUT2D eigenvalue weighted by molar-refractivity contribution is 0.191. The lowest BCUT2D eigenvalue weighted by Crippen LogP contribution is -2.26. The molecule has 9 nitrogen and oxygen atoms in total. The summed E-state index contributed by atoms with van der Waals surface area (Å²) in [4.78, 5) is 18.9. The molecule has 180 valence electrons. The SMILES string of the molecule is O=C(O)NCCOc1ccnc2ccc(-c3cnc(Cl)c(NS(=O)(=O)c4ccc(F)cc4)c3)cc12. The minimum Gasteiger partial charge on any atom is -0.491 e. The lowest BCUT2D eigenvalue weighted by atomic mass is 10.0. The van der Waals surface area contributed by atoms with Crippen molar-refractivity contribution in [3.8, 4) is 16.9 Å². The number of nitrogens with zero attached hydrogens (tertiary/aromatic N) is 2. The van der Waals surface area contributed by atoms with Crippen LogP contribution in [0.2, 0.25) is 5.15 Å². The summed E-state index contributed by atoms with van der Waals surface area (Å²) in [6.45, 7) is 0.227. The molecule has 0 saturated carbocycles. The normalized spacial score (nSPS) is 11.3. The van der Waals surface area contributed by atoms with Crippen molar-refractivity contribution >= 4 is 44.3 Å². The molecule has 0 aliphatic heterocycles. The zero-order valence-electron chi connectivity index (χ0n) is 17.9. The molecule has 35 heavy (non-hydrogen) atoms. The first-order chi connectivity index (χ1) is 16.7. The van der Waals surface area contributed by atoms with E-state index in [1.807, 2.05) is 0 Å². The first-order valence-corrected chi connectivity index (χ1v) is 12.0. The number of hydrogen-bond acceptors (Lipinski definition) is 6. The van der Waals surface area contributed by atoms with E-state index < -0.39 is 21.9 Å². The van der Waals surface area contributed by atoms with E-state index in [1.165, 1.54) is 12.3 Å². The molecule has 3 N–H and O–H groups in total. The fourth-order valence-corrected chi connectivity index (χ4v) is 4.50. The Kier molecular flexibility index (Phi) is 6.99. The summed E-state index contributed by atoms with van der Waals surface area (Å²) in [5.41, 5.74) is 1.95. The Labute approximate surface area is 204 Å². The van der Waals surface area contributed by atoms with E-state index in [-0.39, 0.29) is 28.9 Å². The summed E-state index contributed by atoms with van der Waals surface area (Å²) < 4.78 is 46.7. The van der Waals surface area contributed by atoms with Crippen molar-refractivity contribution in [1.82, 2.24) is 15.3 Å². The van der Waals surface area contributed by atoms with Gasteiger partial charge in [0.25, 0.3) is 10.0 Å². The van der Waals surface area contributed by atoms with Crippen LogP contribution in [-0.4, -0.2) is 42.7 Å². The summed E-state index contributed by atoms with van der Waals surface area (Å²) in [5, 5.41) is 11.5. The van der Waals surface area contributed by atoms with Crippen LogP contribution < -0.4 is 14.8 Å². The summed E-state index contributed by atoms with van der Waals surface area (Å²) in [5.74, 6) is -0.0545. The molecule has 0 unspecified atom stereocenters. The molecule has 0 bridgehead atoms. The molecule has 12 heteroatoms. The van der Waals surface area contributed by atoms with Crippen molar-refractivity contribution in [2.45, 2.75) is 4.90 Å². The van der Waals surface area contributed by atoms with Crippen LogP contribution >= 0.6 is 11.6 Å². The average Bonchev–Trinajstić information content (AvgIpc) is 2.83. The number of rotatable bonds is 8. The van der Waals surface area contributed by atoms with Crippen LogP contribution in [0.3, 0.4) is 0 Å². The number of hydrogen-bond donors (Lipinski definition) is 3. The number of fused-ring (bicyclic) bond motifs is 1. The van der Waals surface area contributed by atoms with Gasteiger partial charge in [-0.1, -0.05) is 17.7 Å². The monoisotopic (exact) mass is 516 g/mol. The van der Waals surface area contributed by atoms with Gasteiger partial charge >= 0.3 is 6.09 Å². The number of ether oxygens (including phenoxy) is 1. The van der Waals surface area contributed by atoms with Crippen molar-refractivity contribution < 1.29 is 27.4 Å². The van der Waals surface area contributed by atoms with Crippen LogP contribution in [0.4, 0.5) is 14.9 Å². The molecule has 2 aromatic carbocycles. The molecule has 2 aromatic heterocycles. The Balaban J connectivity index is 1.63. The van der Waals surface area contributed by atoms with Crippen LogP contribution in [0.5, 0.6) is 5.75 Å². The minimum absolute atomic E-state index is 0.0518. The van der Waals surface area contributed by atoms with Crippen molar-refractivity contribution in [2.75, 3.05) is 17.9 Å². The smallest absolute Gasteiger partial charge is 0.404 e. The third kappa shape index (κ3) is 5.76. The van der Waals surface area contributed by atoms with Gasteiger partial charge in [-0.05, 0) is 54.1 Å². The second-order valence-corrected chi connectivity index (χ2v) is 9.28. The van der Waals surface area contributed by atoms with Gasteiger partial charge in [0.1, 0.15) is 18.2 Å². The van der Waals surface area contributed by atoms with E-state index in [0.717, 1.165) is 24.3 Å². The number of carboxylic acid groups (broad SMARTS) is 1. The van der Waals surface area contributed by atoms with Crippen LogP contribution in [0, 0.1) is 5.82 Å². The van der Waals surface area contributed by atoms with Crippen molar-refractivity contribution in [3.63, 3.8) is 0 Å². The molecule has 0 fully saturated rings. The average molecular weight is 517 g/mol. The van der Waals surface area contributed by atoms with Crippen molar-refractivity contribution in [1.29, 1.82) is 0 Å². The van der Waals surface area contributed by atoms with E-state index >= 15 is 0 Å². The van der Waals surface area contributed by atoms with E-state index in [0.29, 0.717) is 27.8 Å². The van der Waals surface area contributed by atoms with Crippen molar-refractivity contribution in [2.24, 2.45) is 0 Å². The molecule has 4 rings (SSSR count). The second-order valence-electron chi connectivity index (χ2n) is 7.24. The van der Waals surface area contributed by atoms with E-state index in [2.05, 4.69) is 20.0 Å². The zero-order chi connectivity index (χ0) is 25.0. The van der Waals surface area contributed by atoms with E-state index in [4.69, 9.17) is 21.4 Å². The molecule has 0 saturated heterocycles. The Hall–Kier alpha value is -3.96. The molecular formula is C23H18ClFN4O5S. The van der Waals surface area contributed by atoms with Gasteiger partial charge in [-0.25, -0.2) is 22.6 Å². The Morgan fingerprint density at radius 1 is 1.06 bits per heavy atom. The number of pyridine rings is 2. The number of carbonyl (C=O) groups is 1. The number of sulfonamides is 1. The van der Waals surface area contributed by atoms with Crippen LogP contribution in [0.25, 0.3) is 22.0 Å². The highest BCUT2D eigenvalue weighted by Crippen LogP contribution is 2.32. The van der Waals surface area contributed by atoms with Gasteiger partial charge in [-0.3, -0.25) is 9.71 Å². The number of amides is 1. The Morgan fingerprint density at radius 2 is 1.83 bits per heavy atom. The van der Waals surface area contributed by atoms with Crippen molar-refractivity contribution in [3.05, 3.63) is 78.0 Å². The topological polar surface area (TPSA) is 131 Å². The maximum Gasteiger partial charge on any atom is 0.404 e. The zero-order valence-corrected chi connectivity index (χ0v) is 19.5. The predicted octanol–water partition coefficient (Wildman–Crippen LogP) is 4.54. The van der Waals surface area contributed by atoms with Gasteiger partial charge in [-0.15, -0.1) is 0 Å². The molecule has 0 aliphatic carbocycles. The first kappa shape index (κ1) is 24.2. The van der Waals surface area contributed by atoms with Gasteiger partial charge in [0.2, 0.25) is 0 Å². The van der Waals surface area contributed by atoms with Crippen LogP contribution in [-0.2, 0) is 10.0 Å². The Bertz CT molecular complexity index is 1500. The summed E-state index contributed by atoms with van der Waals surface area (Å²) in [6, 6.07) is 12.9. The highest BCUT2D eigenvalue weighted by atomic mass is 35.5. The van der Waals surface area contributed by atoms with Gasteiger partial charge in [-0.2, -0.15) is 0 Å². The first-order valence-electron chi connectivity index (χ1n) is 10.2. The summed E-state index contributed by atoms with van der Waals surface area (Å²) >= 11 is 6.14. The standard InChI is InChI=1S/C23H18ClFN4O5S/c24-22-20(29-35(32,33)17-4-2-16(25)3-5-17)12-15(13-28-22)14-1-6-19-18(11-14)21(7-8-26-19)34-10-9-27-23(30)31/h1-8,11-13,27,29H,9-10H2,(H,30,31). The molecule has 0 aliphatic rings. The number of nitrogens with one attached hydrogen (secondary N) is 2.